The van der Waals surface area contributed by atoms with Crippen LogP contribution >= 0.6 is 0 Å². The van der Waals surface area contributed by atoms with Gasteiger partial charge in [0.15, 0.2) is 0 Å². The summed E-state index contributed by atoms with van der Waals surface area (Å²) in [5, 5.41) is 21.1. The van der Waals surface area contributed by atoms with Gasteiger partial charge in [-0.2, -0.15) is 0 Å². The van der Waals surface area contributed by atoms with Gasteiger partial charge in [0.1, 0.15) is 0 Å². The Morgan fingerprint density at radius 3 is 2.57 bits per heavy atom. The number of rotatable bonds is 6. The fourth-order valence-electron chi connectivity index (χ4n) is 1.93. The predicted molar refractivity (Wildman–Crippen MR) is 80.3 cm³/mol. The Hall–Kier alpha value is -2.08. The fourth-order valence-corrected chi connectivity index (χ4v) is 1.93. The molecule has 0 bridgehead atoms. The van der Waals surface area contributed by atoms with E-state index in [1.54, 1.807) is 39.1 Å². The van der Waals surface area contributed by atoms with Crippen molar-refractivity contribution in [2.45, 2.75) is 32.3 Å². The highest BCUT2D eigenvalue weighted by Crippen LogP contribution is 2.13. The minimum Gasteiger partial charge on any atom is -0.481 e. The molecule has 3 N–H and O–H groups in total. The lowest BCUT2D eigenvalue weighted by atomic mass is 10.1. The summed E-state index contributed by atoms with van der Waals surface area (Å²) in [6.07, 6.45) is 0.467. The van der Waals surface area contributed by atoms with Crippen molar-refractivity contribution in [3.8, 4) is 0 Å². The molecule has 0 saturated heterocycles. The fraction of sp³-hybridized carbons (Fsp3) is 0.467. The molecule has 0 saturated carbocycles. The van der Waals surface area contributed by atoms with E-state index in [-0.39, 0.29) is 19.0 Å². The van der Waals surface area contributed by atoms with Crippen LogP contribution in [0.1, 0.15) is 25.8 Å². The molecule has 6 heteroatoms. The van der Waals surface area contributed by atoms with E-state index in [1.807, 2.05) is 6.07 Å². The van der Waals surface area contributed by atoms with Gasteiger partial charge in [0, 0.05) is 19.2 Å². The van der Waals surface area contributed by atoms with E-state index in [9.17, 15) is 14.7 Å². The number of aliphatic carboxylic acids is 1. The van der Waals surface area contributed by atoms with Gasteiger partial charge in [-0.3, -0.25) is 4.79 Å². The molecule has 1 rings (SSSR count). The van der Waals surface area contributed by atoms with Gasteiger partial charge in [0.05, 0.1) is 12.1 Å². The third kappa shape index (κ3) is 6.76. The topological polar surface area (TPSA) is 89.9 Å². The molecule has 6 nitrogen and oxygen atoms in total. The summed E-state index contributed by atoms with van der Waals surface area (Å²) in [7, 11) is 1.60. The summed E-state index contributed by atoms with van der Waals surface area (Å²) in [4.78, 5) is 23.9. The van der Waals surface area contributed by atoms with Crippen LogP contribution in [0.15, 0.2) is 24.3 Å². The molecule has 116 valence electrons. The zero-order valence-electron chi connectivity index (χ0n) is 12.6. The number of carbonyl (C=O) groups is 2. The zero-order chi connectivity index (χ0) is 16.0. The maximum absolute atomic E-state index is 12.0. The first-order chi connectivity index (χ1) is 9.67. The predicted octanol–water partition coefficient (Wildman–Crippen LogP) is 1.94. The first-order valence-electron chi connectivity index (χ1n) is 6.72. The lowest BCUT2D eigenvalue weighted by Gasteiger charge is -2.25. The van der Waals surface area contributed by atoms with Gasteiger partial charge in [-0.25, -0.2) is 4.79 Å². The maximum atomic E-state index is 12.0. The first kappa shape index (κ1) is 17.0. The quantitative estimate of drug-likeness (QED) is 0.748. The molecule has 21 heavy (non-hydrogen) atoms. The van der Waals surface area contributed by atoms with Crippen LogP contribution in [0.4, 0.5) is 10.5 Å². The van der Waals surface area contributed by atoms with Crippen LogP contribution in [-0.4, -0.2) is 46.3 Å². The normalized spacial score (nSPS) is 11.0. The second-order valence-electron chi connectivity index (χ2n) is 5.69. The number of likely N-dealkylation sites (N-methyl/N-ethyl adjacent to an activating group) is 1. The minimum absolute atomic E-state index is 0.0516. The smallest absolute Gasteiger partial charge is 0.321 e. The number of aliphatic hydroxyl groups is 1. The molecular formula is C15H22N2O4. The number of nitrogens with one attached hydrogen (secondary N) is 1. The van der Waals surface area contributed by atoms with Gasteiger partial charge in [-0.05, 0) is 38.0 Å². The van der Waals surface area contributed by atoms with Gasteiger partial charge in [-0.15, -0.1) is 0 Å². The molecule has 0 spiro atoms. The summed E-state index contributed by atoms with van der Waals surface area (Å²) in [5.74, 6) is -0.852. The van der Waals surface area contributed by atoms with Crippen molar-refractivity contribution in [2.24, 2.45) is 0 Å². The molecule has 0 aliphatic heterocycles. The summed E-state index contributed by atoms with van der Waals surface area (Å²) in [6.45, 7) is 3.46. The van der Waals surface area contributed by atoms with Crippen LogP contribution in [0.2, 0.25) is 0 Å². The van der Waals surface area contributed by atoms with Crippen LogP contribution in [0.25, 0.3) is 0 Å². The standard InChI is InChI=1S/C15H22N2O4/c1-15(2,21)10-17(3)14(20)16-12-6-4-5-11(9-12)7-8-13(18)19/h4-6,9,21H,7-8,10H2,1-3H3,(H,16,20)(H,18,19). The van der Waals surface area contributed by atoms with Crippen molar-refractivity contribution >= 4 is 17.7 Å². The number of hydrogen-bond acceptors (Lipinski definition) is 3. The van der Waals surface area contributed by atoms with Crippen molar-refractivity contribution in [3.05, 3.63) is 29.8 Å². The number of carboxylic acids is 1. The second kappa shape index (κ2) is 7.08. The van der Waals surface area contributed by atoms with Crippen LogP contribution < -0.4 is 5.32 Å². The highest BCUT2D eigenvalue weighted by molar-refractivity contribution is 5.89. The van der Waals surface area contributed by atoms with E-state index in [4.69, 9.17) is 5.11 Å². The molecule has 0 fully saturated rings. The van der Waals surface area contributed by atoms with E-state index in [1.165, 1.54) is 4.90 Å². The number of urea groups is 1. The Morgan fingerprint density at radius 2 is 2.00 bits per heavy atom. The molecule has 0 aliphatic carbocycles. The number of carbonyl (C=O) groups excluding carboxylic acids is 1. The number of aryl methyl sites for hydroxylation is 1. The Labute approximate surface area is 124 Å². The van der Waals surface area contributed by atoms with Gasteiger partial charge < -0.3 is 20.4 Å². The van der Waals surface area contributed by atoms with E-state index in [0.29, 0.717) is 12.1 Å². The molecule has 0 unspecified atom stereocenters. The van der Waals surface area contributed by atoms with E-state index in [0.717, 1.165) is 5.56 Å². The average molecular weight is 294 g/mol. The first-order valence-corrected chi connectivity index (χ1v) is 6.72. The molecule has 1 aromatic carbocycles. The summed E-state index contributed by atoms with van der Waals surface area (Å²) in [5.41, 5.74) is 0.487. The lowest BCUT2D eigenvalue weighted by molar-refractivity contribution is -0.136. The van der Waals surface area contributed by atoms with Gasteiger partial charge >= 0.3 is 12.0 Å². The molecule has 0 radical (unpaired) electrons. The Kier molecular flexibility index (Phi) is 5.72. The maximum Gasteiger partial charge on any atom is 0.321 e. The van der Waals surface area contributed by atoms with Crippen LogP contribution in [0.3, 0.4) is 0 Å². The van der Waals surface area contributed by atoms with E-state index in [2.05, 4.69) is 5.32 Å². The Morgan fingerprint density at radius 1 is 1.33 bits per heavy atom. The number of nitrogens with zero attached hydrogens (tertiary/aromatic N) is 1. The molecule has 0 aromatic heterocycles. The van der Waals surface area contributed by atoms with Crippen molar-refractivity contribution in [3.63, 3.8) is 0 Å². The number of carboxylic acid groups (broad SMARTS) is 1. The number of amides is 2. The Balaban J connectivity index is 2.63. The molecule has 2 amide bonds. The molecular weight excluding hydrogens is 272 g/mol. The Bertz CT molecular complexity index is 509. The number of hydrogen-bond donors (Lipinski definition) is 3. The van der Waals surface area contributed by atoms with Crippen molar-refractivity contribution in [2.75, 3.05) is 18.9 Å². The van der Waals surface area contributed by atoms with E-state index < -0.39 is 11.6 Å². The van der Waals surface area contributed by atoms with Crippen LogP contribution in [0, 0.1) is 0 Å². The van der Waals surface area contributed by atoms with Crippen molar-refractivity contribution < 1.29 is 19.8 Å². The third-order valence-corrected chi connectivity index (χ3v) is 2.78. The van der Waals surface area contributed by atoms with E-state index >= 15 is 0 Å². The summed E-state index contributed by atoms with van der Waals surface area (Å²) in [6, 6.07) is 6.74. The SMILES string of the molecule is CN(CC(C)(C)O)C(=O)Nc1cccc(CCC(=O)O)c1. The van der Waals surface area contributed by atoms with Gasteiger partial charge in [0.2, 0.25) is 0 Å². The third-order valence-electron chi connectivity index (χ3n) is 2.78. The lowest BCUT2D eigenvalue weighted by Crippen LogP contribution is -2.41. The van der Waals surface area contributed by atoms with Crippen LogP contribution in [0.5, 0.6) is 0 Å². The second-order valence-corrected chi connectivity index (χ2v) is 5.69. The molecule has 1 aromatic rings. The zero-order valence-corrected chi connectivity index (χ0v) is 12.6. The van der Waals surface area contributed by atoms with Crippen LogP contribution in [-0.2, 0) is 11.2 Å². The highest BCUT2D eigenvalue weighted by Gasteiger charge is 2.19. The molecule has 0 atom stereocenters. The van der Waals surface area contributed by atoms with Gasteiger partial charge in [-0.1, -0.05) is 12.1 Å². The molecule has 0 aliphatic rings. The highest BCUT2D eigenvalue weighted by atomic mass is 16.4. The van der Waals surface area contributed by atoms with Crippen molar-refractivity contribution in [1.29, 1.82) is 0 Å². The minimum atomic E-state index is -0.963. The summed E-state index contributed by atoms with van der Waals surface area (Å²) >= 11 is 0. The number of benzene rings is 1. The largest absolute Gasteiger partial charge is 0.481 e. The van der Waals surface area contributed by atoms with Crippen molar-refractivity contribution in [1.82, 2.24) is 4.90 Å². The summed E-state index contributed by atoms with van der Waals surface area (Å²) < 4.78 is 0. The monoisotopic (exact) mass is 294 g/mol. The van der Waals surface area contributed by atoms with Gasteiger partial charge in [0.25, 0.3) is 0 Å². The number of anilines is 1. The molecule has 0 heterocycles. The average Bonchev–Trinajstić information content (AvgIpc) is 2.34.